The Morgan fingerprint density at radius 1 is 1.13 bits per heavy atom. The maximum absolute atomic E-state index is 12.2. The lowest BCUT2D eigenvalue weighted by Crippen LogP contribution is -2.25. The summed E-state index contributed by atoms with van der Waals surface area (Å²) in [6.45, 7) is 3.45. The fourth-order valence-electron chi connectivity index (χ4n) is 2.58. The number of carbonyl (C=O) groups is 2. The molecule has 2 aromatic carbocycles. The van der Waals surface area contributed by atoms with Crippen LogP contribution in [0.5, 0.6) is 5.75 Å². The summed E-state index contributed by atoms with van der Waals surface area (Å²) in [5, 5.41) is 9.43. The largest absolute Gasteiger partial charge is 0.483 e. The summed E-state index contributed by atoms with van der Waals surface area (Å²) in [5.41, 5.74) is 5.33. The molecule has 0 bridgehead atoms. The smallest absolute Gasteiger partial charge is 0.277 e. The third-order valence-electron chi connectivity index (χ3n) is 4.13. The van der Waals surface area contributed by atoms with Gasteiger partial charge in [-0.3, -0.25) is 9.59 Å². The Morgan fingerprint density at radius 3 is 2.70 bits per heavy atom. The Bertz CT molecular complexity index is 1080. The molecular weight excluding hydrogens is 422 g/mol. The van der Waals surface area contributed by atoms with Crippen LogP contribution in [0.1, 0.15) is 27.7 Å². The number of halogens is 1. The molecule has 0 unspecified atom stereocenters. The standard InChI is InChI=1S/C22H20ClN3O3S/c1-14-11-17(23)8-9-19(14)29-13-21(27)26-25-15(2)16-5-3-6-18(12-16)24-22(28)20-7-4-10-30-20/h3-12H,13H2,1-2H3,(H,24,28)(H,26,27)/b25-15+. The van der Waals surface area contributed by atoms with Crippen LogP contribution < -0.4 is 15.5 Å². The Balaban J connectivity index is 1.57. The Hall–Kier alpha value is -3.16. The monoisotopic (exact) mass is 441 g/mol. The zero-order chi connectivity index (χ0) is 21.5. The average Bonchev–Trinajstić information content (AvgIpc) is 3.26. The molecule has 1 heterocycles. The summed E-state index contributed by atoms with van der Waals surface area (Å²) in [6.07, 6.45) is 0. The van der Waals surface area contributed by atoms with E-state index in [1.54, 1.807) is 43.3 Å². The van der Waals surface area contributed by atoms with E-state index in [1.165, 1.54) is 11.3 Å². The van der Waals surface area contributed by atoms with Crippen molar-refractivity contribution in [3.8, 4) is 5.75 Å². The van der Waals surface area contributed by atoms with Crippen LogP contribution in [-0.2, 0) is 4.79 Å². The number of aryl methyl sites for hydroxylation is 1. The predicted molar refractivity (Wildman–Crippen MR) is 121 cm³/mol. The summed E-state index contributed by atoms with van der Waals surface area (Å²) in [5.74, 6) is 0.0370. The van der Waals surface area contributed by atoms with E-state index in [0.717, 1.165) is 11.1 Å². The molecule has 0 atom stereocenters. The normalized spacial score (nSPS) is 11.1. The van der Waals surface area contributed by atoms with Gasteiger partial charge in [0.15, 0.2) is 6.61 Å². The van der Waals surface area contributed by atoms with Gasteiger partial charge in [-0.1, -0.05) is 29.8 Å². The van der Waals surface area contributed by atoms with E-state index in [9.17, 15) is 9.59 Å². The molecular formula is C22H20ClN3O3S. The number of nitrogens with one attached hydrogen (secondary N) is 2. The van der Waals surface area contributed by atoms with Crippen molar-refractivity contribution in [2.75, 3.05) is 11.9 Å². The van der Waals surface area contributed by atoms with Gasteiger partial charge in [0.1, 0.15) is 5.75 Å². The molecule has 1 aromatic heterocycles. The summed E-state index contributed by atoms with van der Waals surface area (Å²) in [6, 6.07) is 16.0. The number of hydrogen-bond donors (Lipinski definition) is 2. The summed E-state index contributed by atoms with van der Waals surface area (Å²) in [4.78, 5) is 24.9. The van der Waals surface area contributed by atoms with Crippen LogP contribution in [0.15, 0.2) is 65.1 Å². The van der Waals surface area contributed by atoms with Gasteiger partial charge in [0.25, 0.3) is 11.8 Å². The fourth-order valence-corrected chi connectivity index (χ4v) is 3.43. The number of carbonyl (C=O) groups excluding carboxylic acids is 2. The van der Waals surface area contributed by atoms with E-state index >= 15 is 0 Å². The molecule has 2 amide bonds. The lowest BCUT2D eigenvalue weighted by atomic mass is 10.1. The van der Waals surface area contributed by atoms with Gasteiger partial charge in [-0.2, -0.15) is 5.10 Å². The van der Waals surface area contributed by atoms with Gasteiger partial charge >= 0.3 is 0 Å². The fraction of sp³-hybridized carbons (Fsp3) is 0.136. The molecule has 0 fully saturated rings. The van der Waals surface area contributed by atoms with Gasteiger partial charge in [0, 0.05) is 10.7 Å². The first-order valence-corrected chi connectivity index (χ1v) is 10.4. The molecule has 3 rings (SSSR count). The highest BCUT2D eigenvalue weighted by Crippen LogP contribution is 2.21. The molecule has 0 saturated heterocycles. The highest BCUT2D eigenvalue weighted by Gasteiger charge is 2.09. The van der Waals surface area contributed by atoms with Crippen molar-refractivity contribution in [1.29, 1.82) is 0 Å². The Kier molecular flexibility index (Phi) is 7.21. The van der Waals surface area contributed by atoms with Gasteiger partial charge in [-0.25, -0.2) is 5.43 Å². The minimum atomic E-state index is -0.383. The SMILES string of the molecule is C/C(=N\NC(=O)COc1ccc(Cl)cc1C)c1cccc(NC(=O)c2cccs2)c1. The van der Waals surface area contributed by atoms with Crippen molar-refractivity contribution in [2.24, 2.45) is 5.10 Å². The lowest BCUT2D eigenvalue weighted by Gasteiger charge is -2.09. The van der Waals surface area contributed by atoms with E-state index in [2.05, 4.69) is 15.8 Å². The number of rotatable bonds is 7. The summed E-state index contributed by atoms with van der Waals surface area (Å²) < 4.78 is 5.50. The van der Waals surface area contributed by atoms with E-state index in [1.807, 2.05) is 30.5 Å². The third-order valence-corrected chi connectivity index (χ3v) is 5.23. The second-order valence-electron chi connectivity index (χ2n) is 6.44. The van der Waals surface area contributed by atoms with Gasteiger partial charge in [-0.05, 0) is 66.8 Å². The maximum atomic E-state index is 12.2. The number of benzene rings is 2. The minimum Gasteiger partial charge on any atom is -0.483 e. The second-order valence-corrected chi connectivity index (χ2v) is 7.83. The lowest BCUT2D eigenvalue weighted by molar-refractivity contribution is -0.123. The van der Waals surface area contributed by atoms with Crippen LogP contribution in [0, 0.1) is 6.92 Å². The van der Waals surface area contributed by atoms with E-state index < -0.39 is 0 Å². The van der Waals surface area contributed by atoms with Crippen molar-refractivity contribution < 1.29 is 14.3 Å². The number of thiophene rings is 1. The molecule has 0 aliphatic carbocycles. The quantitative estimate of drug-likeness (QED) is 0.405. The van der Waals surface area contributed by atoms with Gasteiger partial charge < -0.3 is 10.1 Å². The summed E-state index contributed by atoms with van der Waals surface area (Å²) in [7, 11) is 0. The number of ether oxygens (including phenoxy) is 1. The van der Waals surface area contributed by atoms with Crippen LogP contribution in [0.3, 0.4) is 0 Å². The highest BCUT2D eigenvalue weighted by atomic mass is 35.5. The van der Waals surface area contributed by atoms with E-state index in [-0.39, 0.29) is 18.4 Å². The summed E-state index contributed by atoms with van der Waals surface area (Å²) >= 11 is 7.29. The Morgan fingerprint density at radius 2 is 1.97 bits per heavy atom. The number of hydrogen-bond acceptors (Lipinski definition) is 5. The number of nitrogens with zero attached hydrogens (tertiary/aromatic N) is 1. The van der Waals surface area contributed by atoms with Gasteiger partial charge in [0.2, 0.25) is 0 Å². The second kappa shape index (κ2) is 10.0. The van der Waals surface area contributed by atoms with Crippen LogP contribution >= 0.6 is 22.9 Å². The topological polar surface area (TPSA) is 79.8 Å². The van der Waals surface area contributed by atoms with Crippen LogP contribution in [-0.4, -0.2) is 24.1 Å². The molecule has 0 saturated carbocycles. The number of hydrazone groups is 1. The number of anilines is 1. The zero-order valence-corrected chi connectivity index (χ0v) is 18.0. The van der Waals surface area contributed by atoms with Crippen molar-refractivity contribution in [2.45, 2.75) is 13.8 Å². The minimum absolute atomic E-state index is 0.167. The van der Waals surface area contributed by atoms with Crippen molar-refractivity contribution in [3.05, 3.63) is 81.0 Å². The van der Waals surface area contributed by atoms with E-state index in [4.69, 9.17) is 16.3 Å². The molecule has 2 N–H and O–H groups in total. The molecule has 0 spiro atoms. The highest BCUT2D eigenvalue weighted by molar-refractivity contribution is 7.12. The first-order valence-electron chi connectivity index (χ1n) is 9.10. The molecule has 154 valence electrons. The third kappa shape index (κ3) is 5.92. The van der Waals surface area contributed by atoms with Crippen molar-refractivity contribution in [1.82, 2.24) is 5.43 Å². The molecule has 0 aliphatic heterocycles. The first-order chi connectivity index (χ1) is 14.4. The molecule has 0 aliphatic rings. The van der Waals surface area contributed by atoms with Gasteiger partial charge in [0.05, 0.1) is 10.6 Å². The van der Waals surface area contributed by atoms with Crippen molar-refractivity contribution in [3.63, 3.8) is 0 Å². The van der Waals surface area contributed by atoms with Crippen LogP contribution in [0.2, 0.25) is 5.02 Å². The number of amides is 2. The molecule has 0 radical (unpaired) electrons. The zero-order valence-electron chi connectivity index (χ0n) is 16.4. The predicted octanol–water partition coefficient (Wildman–Crippen LogP) is 4.88. The van der Waals surface area contributed by atoms with Crippen LogP contribution in [0.4, 0.5) is 5.69 Å². The molecule has 3 aromatic rings. The molecule has 6 nitrogen and oxygen atoms in total. The Labute approximate surface area is 183 Å². The van der Waals surface area contributed by atoms with Crippen LogP contribution in [0.25, 0.3) is 0 Å². The van der Waals surface area contributed by atoms with E-state index in [0.29, 0.717) is 27.0 Å². The first kappa shape index (κ1) is 21.5. The van der Waals surface area contributed by atoms with Crippen molar-refractivity contribution >= 4 is 46.2 Å². The molecule has 8 heteroatoms. The maximum Gasteiger partial charge on any atom is 0.277 e. The average molecular weight is 442 g/mol. The van der Waals surface area contributed by atoms with Gasteiger partial charge in [-0.15, -0.1) is 11.3 Å². The molecule has 30 heavy (non-hydrogen) atoms.